The van der Waals surface area contributed by atoms with Crippen molar-refractivity contribution in [2.75, 3.05) is 43.6 Å². The number of aliphatic hydroxyl groups excluding tert-OH is 8. The van der Waals surface area contributed by atoms with E-state index in [4.69, 9.17) is 55.7 Å². The number of anilines is 3. The number of hydrogen-bond donors (Lipinski definition) is 17. The molecular weight excluding hydrogens is 1370 g/mol. The maximum Gasteiger partial charge on any atom is 0.351 e. The minimum absolute atomic E-state index is 0.00325. The minimum Gasteiger partial charge on any atom is -0.780 e. The summed E-state index contributed by atoms with van der Waals surface area (Å²) in [5.74, 6) is -0.0000153. The van der Waals surface area contributed by atoms with Crippen LogP contribution in [0.25, 0.3) is 22.3 Å². The van der Waals surface area contributed by atoms with Crippen LogP contribution in [0, 0.1) is 0 Å². The minimum atomic E-state index is -4.18. The molecule has 20 N–H and O–H groups in total. The molecule has 10 rings (SSSR count). The summed E-state index contributed by atoms with van der Waals surface area (Å²) in [5, 5.41) is 79.6. The predicted molar refractivity (Wildman–Crippen MR) is 300 cm³/mol. The Morgan fingerprint density at radius 1 is 0.506 bits per heavy atom. The molecule has 4 saturated heterocycles. The number of rotatable bonds is 16. The van der Waals surface area contributed by atoms with E-state index in [0.29, 0.717) is 11.2 Å². The number of fused-ring (bicyclic) bond motifs is 2. The lowest BCUT2D eigenvalue weighted by atomic mass is 10.1. The molecule has 6 aromatic heterocycles. The highest BCUT2D eigenvalue weighted by Gasteiger charge is 2.48. The summed E-state index contributed by atoms with van der Waals surface area (Å²) in [4.78, 5) is 153. The fourth-order valence-corrected chi connectivity index (χ4v) is 10.6. The highest BCUT2D eigenvalue weighted by atomic mass is 32.5. The van der Waals surface area contributed by atoms with Gasteiger partial charge in [0.05, 0.1) is 39.1 Å². The molecule has 20 atom stereocenters. The van der Waals surface area contributed by atoms with Crippen molar-refractivity contribution < 1.29 is 117 Å². The number of imidazole rings is 2. The van der Waals surface area contributed by atoms with E-state index in [1.54, 1.807) is 0 Å². The Labute approximate surface area is 514 Å². The van der Waals surface area contributed by atoms with Crippen LogP contribution in [0.2, 0.25) is 0 Å². The number of ether oxygens (including phenoxy) is 4. The van der Waals surface area contributed by atoms with Crippen molar-refractivity contribution in [3.8, 4) is 0 Å². The largest absolute Gasteiger partial charge is 0.780 e. The van der Waals surface area contributed by atoms with E-state index in [2.05, 4.69) is 100 Å². The molecule has 0 spiro atoms. The van der Waals surface area contributed by atoms with Crippen LogP contribution in [0.3, 0.4) is 0 Å². The number of H-pyrrole nitrogens is 2. The molecule has 0 bridgehead atoms. The van der Waals surface area contributed by atoms with E-state index >= 15 is 0 Å². The van der Waals surface area contributed by atoms with Gasteiger partial charge in [0.15, 0.2) is 47.5 Å². The Hall–Kier alpha value is -4.50. The summed E-state index contributed by atoms with van der Waals surface area (Å²) >= 11 is 16.7. The van der Waals surface area contributed by atoms with Crippen molar-refractivity contribution in [1.29, 1.82) is 0 Å². The first-order chi connectivity index (χ1) is 41.3. The van der Waals surface area contributed by atoms with Gasteiger partial charge in [-0.2, -0.15) is 9.97 Å². The van der Waals surface area contributed by atoms with Crippen LogP contribution in [0.5, 0.6) is 0 Å². The normalized spacial score (nSPS) is 31.1. The fourth-order valence-electron chi connectivity index (χ4n) is 8.49. The zero-order chi connectivity index (χ0) is 66.0. The second-order valence-electron chi connectivity index (χ2n) is 18.7. The predicted octanol–water partition coefficient (Wildman–Crippen LogP) is -11.7. The third kappa shape index (κ3) is 18.4. The van der Waals surface area contributed by atoms with E-state index in [9.17, 15) is 79.6 Å². The summed E-state index contributed by atoms with van der Waals surface area (Å²) in [5.41, 5.74) is 14.4. The molecule has 8 unspecified atom stereocenters. The van der Waals surface area contributed by atoms with Gasteiger partial charge in [-0.3, -0.25) is 37.8 Å². The zero-order valence-corrected chi connectivity index (χ0v) is 51.0. The molecule has 6 aromatic rings. The van der Waals surface area contributed by atoms with Crippen molar-refractivity contribution in [2.24, 2.45) is 0 Å². The molecule has 0 radical (unpaired) electrons. The first kappa shape index (κ1) is 71.9. The van der Waals surface area contributed by atoms with Crippen molar-refractivity contribution in [3.63, 3.8) is 0 Å². The van der Waals surface area contributed by atoms with Crippen LogP contribution in [-0.2, 0) is 84.3 Å². The van der Waals surface area contributed by atoms with Gasteiger partial charge in [-0.1, -0.05) is 47.2 Å². The lowest BCUT2D eigenvalue weighted by molar-refractivity contribution is -0.205. The molecule has 51 heteroatoms. The molecule has 4 fully saturated rings. The quantitative estimate of drug-likeness (QED) is 0.0400. The Morgan fingerprint density at radius 2 is 0.888 bits per heavy atom. The van der Waals surface area contributed by atoms with Gasteiger partial charge in [0.2, 0.25) is 5.95 Å². The standard InChI is InChI=1S/C10H14N5O7PS.C10H14N5O6PS.C9H14N3O7PS.C9H13N2O8PS/c11-10-13-7-4(8(18)14-10)12-2-15(7)9-6(17)5(16)3(22-9)1-21-23(19,20)24;11-8-5-9(13-2-12-8)15(3-14-5)10-7(17)6(16)4(21-10)1-20-22(18,19)23;10-5-1-2-12(9(15)11-5)8-7(14)6(13)4(19-8)3-18-20(16,17)21;12-5-1-2-11(9(15)10-5)8-7(14)6(13)4(19-8)3-18-20(16,17)21/h2-3,5-6,9,16-17H,1H2,(H2,19,20,24)(H3,11,13,14,18);2-4,6-7,10,16-17H,1H2,(H2,11,12,13)(H2,18,19,23);1-2,4,6-8,13-14H,3H2,(H2,10,11,15)(H2,16,17,21);1-2,4,6-8,13-14H,3H2,(H,10,12,15)(H2,16,17,21)/p-4/t3-,5+,6?,9-;4-,6+,7?,10-;2*4-,6+,7?,8-/m1111/s1. The van der Waals surface area contributed by atoms with Crippen molar-refractivity contribution in [2.45, 2.75) is 98.2 Å². The van der Waals surface area contributed by atoms with Crippen LogP contribution < -0.4 is 59.3 Å². The summed E-state index contributed by atoms with van der Waals surface area (Å²) in [6.07, 6.45) is -14.4. The molecule has 89 heavy (non-hydrogen) atoms. The average molecular weight is 1420 g/mol. The summed E-state index contributed by atoms with van der Waals surface area (Å²) in [6.45, 7) is -18.7. The molecule has 0 amide bonds. The molecule has 0 aromatic carbocycles. The van der Waals surface area contributed by atoms with Crippen LogP contribution in [-0.4, -0.2) is 218 Å². The highest BCUT2D eigenvalue weighted by molar-refractivity contribution is 8.06. The van der Waals surface area contributed by atoms with Gasteiger partial charge in [0.25, 0.3) is 11.1 Å². The Morgan fingerprint density at radius 3 is 1.29 bits per heavy atom. The first-order valence-corrected chi connectivity index (χ1v) is 34.8. The van der Waals surface area contributed by atoms with Gasteiger partial charge >= 0.3 is 11.4 Å². The molecule has 4 aliphatic heterocycles. The topological polar surface area (TPSA) is 684 Å². The summed E-state index contributed by atoms with van der Waals surface area (Å²) < 4.78 is 43.9. The maximum atomic E-state index is 11.8. The monoisotopic (exact) mass is 1420 g/mol. The molecule has 10 heterocycles. The number of nitrogens with zero attached hydrogens (tertiary/aromatic N) is 10. The zero-order valence-electron chi connectivity index (χ0n) is 44.1. The van der Waals surface area contributed by atoms with Gasteiger partial charge < -0.3 is 134 Å². The van der Waals surface area contributed by atoms with Gasteiger partial charge in [-0.15, -0.1) is 0 Å². The van der Waals surface area contributed by atoms with Crippen molar-refractivity contribution >= 4 is 114 Å². The van der Waals surface area contributed by atoms with Crippen LogP contribution in [0.1, 0.15) is 24.9 Å². The smallest absolute Gasteiger partial charge is 0.351 e. The van der Waals surface area contributed by atoms with E-state index in [-0.39, 0.29) is 28.7 Å². The van der Waals surface area contributed by atoms with E-state index in [0.717, 1.165) is 21.4 Å². The lowest BCUT2D eigenvalue weighted by Crippen LogP contribution is -2.37. The number of aromatic nitrogens is 12. The Bertz CT molecular complexity index is 3900. The number of nitrogens with two attached hydrogens (primary N) is 3. The highest BCUT2D eigenvalue weighted by Crippen LogP contribution is 2.40. The van der Waals surface area contributed by atoms with Gasteiger partial charge in [-0.05, 0) is 6.07 Å². The third-order valence-corrected chi connectivity index (χ3v) is 15.8. The van der Waals surface area contributed by atoms with E-state index < -0.39 is 174 Å². The van der Waals surface area contributed by atoms with Crippen molar-refractivity contribution in [3.05, 3.63) is 85.2 Å². The molecule has 4 aliphatic rings. The molecule has 0 saturated carbocycles. The third-order valence-electron chi connectivity index (χ3n) is 12.6. The number of hydrogen-bond acceptors (Lipinski definition) is 37. The van der Waals surface area contributed by atoms with Crippen LogP contribution >= 0.6 is 26.9 Å². The molecule has 0 aliphatic carbocycles. The van der Waals surface area contributed by atoms with Crippen LogP contribution in [0.15, 0.2) is 62.7 Å². The number of nitrogens with one attached hydrogen (secondary N) is 2. The maximum absolute atomic E-state index is 11.8. The molecular formula is C38H51N15O28P4S4-4. The summed E-state index contributed by atoms with van der Waals surface area (Å²) in [7, 11) is 0. The Balaban J connectivity index is 0.000000169. The van der Waals surface area contributed by atoms with Gasteiger partial charge in [0.1, 0.15) is 118 Å². The van der Waals surface area contributed by atoms with E-state index in [1.807, 2.05) is 4.98 Å². The van der Waals surface area contributed by atoms with Crippen molar-refractivity contribution in [1.82, 2.24) is 58.1 Å². The molecule has 494 valence electrons. The first-order valence-electron chi connectivity index (χ1n) is 24.4. The van der Waals surface area contributed by atoms with Gasteiger partial charge in [-0.25, -0.2) is 29.5 Å². The second kappa shape index (κ2) is 29.2. The van der Waals surface area contributed by atoms with Crippen LogP contribution in [0.4, 0.5) is 17.6 Å². The van der Waals surface area contributed by atoms with Gasteiger partial charge in [0, 0.05) is 18.5 Å². The van der Waals surface area contributed by atoms with E-state index in [1.165, 1.54) is 40.4 Å². The SMILES string of the molecule is Nc1ccn([C@@H]2O[C@H](COP([O-])(O)=S)[C@H](O)C2O)c(=O)n1.Nc1nc2c(ncn2[C@@H]2O[C@H](COP([O-])(O)=S)[C@H](O)C2O)c(=O)[nH]1.Nc1ncnc2c1ncn2[C@@H]1O[C@H](COP([O-])(O)=S)[C@H](O)C1O.O=c1ccn([C@@H]2O[C@H](COP([O-])(O)=S)[C@H](O)C2O)c(=O)[nH]1. The fraction of sp³-hybridized carbons (Fsp3) is 0.526. The number of aliphatic hydroxyl groups is 8. The number of nitrogen functional groups attached to an aromatic ring is 3. The summed E-state index contributed by atoms with van der Waals surface area (Å²) in [6, 6.07) is 2.36. The second-order valence-corrected chi connectivity index (χ2v) is 29.0. The Kier molecular flexibility index (Phi) is 23.6. The number of aromatic amines is 2. The lowest BCUT2D eigenvalue weighted by Gasteiger charge is -2.23. The molecule has 43 nitrogen and oxygen atoms in total. The average Bonchev–Trinajstić information content (AvgIpc) is 1.94.